The van der Waals surface area contributed by atoms with Gasteiger partial charge in [-0.1, -0.05) is 6.07 Å². The highest BCUT2D eigenvalue weighted by Gasteiger charge is 2.28. The first-order chi connectivity index (χ1) is 10.2. The molecular formula is C17H24N2O2. The number of carbonyl (C=O) groups is 1. The summed E-state index contributed by atoms with van der Waals surface area (Å²) in [4.78, 5) is 16.7. The van der Waals surface area contributed by atoms with Gasteiger partial charge in [0.05, 0.1) is 12.7 Å². The maximum absolute atomic E-state index is 11.7. The first kappa shape index (κ1) is 14.5. The van der Waals surface area contributed by atoms with Gasteiger partial charge in [-0.05, 0) is 49.6 Å². The number of benzene rings is 1. The topological polar surface area (TPSA) is 32.8 Å². The van der Waals surface area contributed by atoms with Crippen LogP contribution in [0.25, 0.3) is 0 Å². The molecule has 1 fully saturated rings. The first-order valence-electron chi connectivity index (χ1n) is 7.83. The van der Waals surface area contributed by atoms with Crippen LogP contribution in [0.15, 0.2) is 18.2 Å². The molecule has 0 spiro atoms. The summed E-state index contributed by atoms with van der Waals surface area (Å²) in [6.07, 6.45) is 3.51. The van der Waals surface area contributed by atoms with Gasteiger partial charge in [0.25, 0.3) is 0 Å². The third kappa shape index (κ3) is 2.97. The molecule has 1 saturated heterocycles. The van der Waals surface area contributed by atoms with E-state index in [2.05, 4.69) is 22.9 Å². The summed E-state index contributed by atoms with van der Waals surface area (Å²) in [5, 5.41) is 0. The molecular weight excluding hydrogens is 264 g/mol. The molecule has 21 heavy (non-hydrogen) atoms. The number of esters is 1. The normalized spacial score (nSPS) is 23.6. The van der Waals surface area contributed by atoms with E-state index in [9.17, 15) is 4.79 Å². The van der Waals surface area contributed by atoms with Gasteiger partial charge in [-0.15, -0.1) is 0 Å². The van der Waals surface area contributed by atoms with Crippen LogP contribution in [-0.4, -0.2) is 56.1 Å². The van der Waals surface area contributed by atoms with E-state index in [4.69, 9.17) is 4.74 Å². The third-order valence-electron chi connectivity index (χ3n) is 4.83. The molecule has 1 aromatic carbocycles. The van der Waals surface area contributed by atoms with E-state index in [-0.39, 0.29) is 5.97 Å². The van der Waals surface area contributed by atoms with Gasteiger partial charge >= 0.3 is 5.97 Å². The highest BCUT2D eigenvalue weighted by Crippen LogP contribution is 2.35. The number of hydrogen-bond acceptors (Lipinski definition) is 4. The van der Waals surface area contributed by atoms with Gasteiger partial charge in [0, 0.05) is 32.2 Å². The molecule has 4 heteroatoms. The number of nitrogens with zero attached hydrogens (tertiary/aromatic N) is 2. The Balaban J connectivity index is 1.83. The fraction of sp³-hybridized carbons (Fsp3) is 0.588. The zero-order valence-corrected chi connectivity index (χ0v) is 13.0. The summed E-state index contributed by atoms with van der Waals surface area (Å²) in [5.41, 5.74) is 3.42. The van der Waals surface area contributed by atoms with Crippen molar-refractivity contribution >= 4 is 5.97 Å². The van der Waals surface area contributed by atoms with Crippen LogP contribution in [-0.2, 0) is 11.2 Å². The first-order valence-corrected chi connectivity index (χ1v) is 7.83. The number of fused-ring (bicyclic) bond motifs is 1. The molecule has 0 saturated carbocycles. The van der Waals surface area contributed by atoms with Crippen molar-refractivity contribution in [2.45, 2.75) is 25.3 Å². The van der Waals surface area contributed by atoms with Crippen LogP contribution in [0.1, 0.15) is 40.4 Å². The van der Waals surface area contributed by atoms with E-state index in [0.717, 1.165) is 32.6 Å². The number of likely N-dealkylation sites (N-methyl/N-ethyl adjacent to an activating group) is 1. The second-order valence-corrected chi connectivity index (χ2v) is 6.15. The Morgan fingerprint density at radius 3 is 2.71 bits per heavy atom. The second-order valence-electron chi connectivity index (χ2n) is 6.15. The molecule has 114 valence electrons. The SMILES string of the molecule is COC(=O)c1ccc2c(c1)CCCC2N1CCN(C)CC1. The summed E-state index contributed by atoms with van der Waals surface area (Å²) in [7, 11) is 3.63. The molecule has 2 aliphatic rings. The molecule has 1 atom stereocenters. The maximum atomic E-state index is 11.7. The Bertz CT molecular complexity index is 522. The molecule has 1 aromatic rings. The number of methoxy groups -OCH3 is 1. The lowest BCUT2D eigenvalue weighted by Crippen LogP contribution is -2.46. The average Bonchev–Trinajstić information content (AvgIpc) is 2.54. The summed E-state index contributed by atoms with van der Waals surface area (Å²) in [6.45, 7) is 4.57. The number of aryl methyl sites for hydroxylation is 1. The lowest BCUT2D eigenvalue weighted by molar-refractivity contribution is 0.0600. The van der Waals surface area contributed by atoms with Crippen LogP contribution in [0.4, 0.5) is 0 Å². The number of hydrogen-bond donors (Lipinski definition) is 0. The second kappa shape index (κ2) is 6.16. The van der Waals surface area contributed by atoms with Crippen molar-refractivity contribution in [1.82, 2.24) is 9.80 Å². The Labute approximate surface area is 126 Å². The maximum Gasteiger partial charge on any atom is 0.337 e. The van der Waals surface area contributed by atoms with Crippen molar-refractivity contribution in [2.24, 2.45) is 0 Å². The number of carbonyl (C=O) groups excluding carboxylic acids is 1. The zero-order chi connectivity index (χ0) is 14.8. The van der Waals surface area contributed by atoms with Crippen LogP contribution >= 0.6 is 0 Å². The molecule has 3 rings (SSSR count). The fourth-order valence-electron chi connectivity index (χ4n) is 3.55. The van der Waals surface area contributed by atoms with Crippen molar-refractivity contribution in [3.05, 3.63) is 34.9 Å². The molecule has 1 unspecified atom stereocenters. The van der Waals surface area contributed by atoms with Crippen molar-refractivity contribution in [2.75, 3.05) is 40.3 Å². The zero-order valence-electron chi connectivity index (χ0n) is 13.0. The minimum Gasteiger partial charge on any atom is -0.465 e. The molecule has 0 aromatic heterocycles. The Morgan fingerprint density at radius 1 is 1.24 bits per heavy atom. The van der Waals surface area contributed by atoms with Crippen molar-refractivity contribution in [3.63, 3.8) is 0 Å². The predicted molar refractivity (Wildman–Crippen MR) is 82.5 cm³/mol. The van der Waals surface area contributed by atoms with Crippen LogP contribution in [0.2, 0.25) is 0 Å². The molecule has 1 aliphatic carbocycles. The van der Waals surface area contributed by atoms with Crippen LogP contribution < -0.4 is 0 Å². The van der Waals surface area contributed by atoms with Gasteiger partial charge < -0.3 is 9.64 Å². The van der Waals surface area contributed by atoms with Crippen LogP contribution in [0.3, 0.4) is 0 Å². The third-order valence-corrected chi connectivity index (χ3v) is 4.83. The van der Waals surface area contributed by atoms with Crippen molar-refractivity contribution < 1.29 is 9.53 Å². The molecule has 4 nitrogen and oxygen atoms in total. The molecule has 0 amide bonds. The minimum absolute atomic E-state index is 0.237. The largest absolute Gasteiger partial charge is 0.465 e. The lowest BCUT2D eigenvalue weighted by atomic mass is 9.85. The van der Waals surface area contributed by atoms with Gasteiger partial charge in [0.1, 0.15) is 0 Å². The average molecular weight is 288 g/mol. The van der Waals surface area contributed by atoms with Gasteiger partial charge in [-0.25, -0.2) is 4.79 Å². The smallest absolute Gasteiger partial charge is 0.337 e. The lowest BCUT2D eigenvalue weighted by Gasteiger charge is -2.40. The highest BCUT2D eigenvalue weighted by molar-refractivity contribution is 5.89. The molecule has 0 radical (unpaired) electrons. The Morgan fingerprint density at radius 2 is 2.00 bits per heavy atom. The van der Waals surface area contributed by atoms with Crippen molar-refractivity contribution in [3.8, 4) is 0 Å². The van der Waals surface area contributed by atoms with E-state index in [1.807, 2.05) is 12.1 Å². The molecule has 0 bridgehead atoms. The van der Waals surface area contributed by atoms with E-state index in [0.29, 0.717) is 11.6 Å². The van der Waals surface area contributed by atoms with Crippen LogP contribution in [0.5, 0.6) is 0 Å². The summed E-state index contributed by atoms with van der Waals surface area (Å²) in [5.74, 6) is -0.237. The number of rotatable bonds is 2. The van der Waals surface area contributed by atoms with Gasteiger partial charge in [0.15, 0.2) is 0 Å². The predicted octanol–water partition coefficient (Wildman–Crippen LogP) is 2.10. The van der Waals surface area contributed by atoms with Gasteiger partial charge in [0.2, 0.25) is 0 Å². The van der Waals surface area contributed by atoms with E-state index >= 15 is 0 Å². The highest BCUT2D eigenvalue weighted by atomic mass is 16.5. The Hall–Kier alpha value is -1.39. The van der Waals surface area contributed by atoms with E-state index in [1.165, 1.54) is 31.1 Å². The molecule has 1 aliphatic heterocycles. The van der Waals surface area contributed by atoms with Crippen molar-refractivity contribution in [1.29, 1.82) is 0 Å². The fourth-order valence-corrected chi connectivity index (χ4v) is 3.55. The van der Waals surface area contributed by atoms with Crippen LogP contribution in [0, 0.1) is 0 Å². The summed E-state index contributed by atoms with van der Waals surface area (Å²) < 4.78 is 4.83. The summed E-state index contributed by atoms with van der Waals surface area (Å²) in [6, 6.07) is 6.61. The monoisotopic (exact) mass is 288 g/mol. The Kier molecular flexibility index (Phi) is 4.27. The van der Waals surface area contributed by atoms with E-state index in [1.54, 1.807) is 0 Å². The summed E-state index contributed by atoms with van der Waals surface area (Å²) >= 11 is 0. The van der Waals surface area contributed by atoms with E-state index < -0.39 is 0 Å². The minimum atomic E-state index is -0.237. The van der Waals surface area contributed by atoms with Gasteiger partial charge in [-0.2, -0.15) is 0 Å². The number of piperazine rings is 1. The quantitative estimate of drug-likeness (QED) is 0.780. The van der Waals surface area contributed by atoms with Gasteiger partial charge in [-0.3, -0.25) is 4.90 Å². The molecule has 0 N–H and O–H groups in total. The standard InChI is InChI=1S/C17H24N2O2/c1-18-8-10-19(11-9-18)16-5-3-4-13-12-14(17(20)21-2)6-7-15(13)16/h6-7,12,16H,3-5,8-11H2,1-2H3. The number of ether oxygens (including phenoxy) is 1. The molecule has 1 heterocycles.